The van der Waals surface area contributed by atoms with Crippen LogP contribution < -0.4 is 0 Å². The average molecular weight is 375 g/mol. The van der Waals surface area contributed by atoms with Gasteiger partial charge < -0.3 is 9.64 Å². The number of amides is 1. The van der Waals surface area contributed by atoms with Crippen LogP contribution in [-0.2, 0) is 14.3 Å². The first-order valence-corrected chi connectivity index (χ1v) is 8.17. The Bertz CT molecular complexity index is 514. The van der Waals surface area contributed by atoms with E-state index in [9.17, 15) is 9.59 Å². The van der Waals surface area contributed by atoms with Gasteiger partial charge in [0.05, 0.1) is 0 Å². The molecule has 0 saturated carbocycles. The Hall–Kier alpha value is -1.07. The zero-order chi connectivity index (χ0) is 15.4. The zero-order valence-corrected chi connectivity index (χ0v) is 14.1. The highest BCUT2D eigenvalue weighted by molar-refractivity contribution is 9.09. The van der Waals surface area contributed by atoms with Crippen LogP contribution >= 0.6 is 27.5 Å². The maximum atomic E-state index is 12.1. The van der Waals surface area contributed by atoms with Gasteiger partial charge in [0.2, 0.25) is 0 Å². The molecule has 1 heterocycles. The summed E-state index contributed by atoms with van der Waals surface area (Å²) in [5.74, 6) is -0.603. The van der Waals surface area contributed by atoms with Crippen LogP contribution in [0.2, 0.25) is 5.02 Å². The molecule has 4 nitrogen and oxygen atoms in total. The van der Waals surface area contributed by atoms with Crippen LogP contribution in [0.1, 0.15) is 30.2 Å². The van der Waals surface area contributed by atoms with Crippen molar-refractivity contribution >= 4 is 39.4 Å². The summed E-state index contributed by atoms with van der Waals surface area (Å²) >= 11 is 9.11. The predicted molar refractivity (Wildman–Crippen MR) is 84.5 cm³/mol. The molecule has 0 aliphatic carbocycles. The van der Waals surface area contributed by atoms with Gasteiger partial charge in [0.25, 0.3) is 5.91 Å². The highest BCUT2D eigenvalue weighted by Gasteiger charge is 2.28. The summed E-state index contributed by atoms with van der Waals surface area (Å²) < 4.78 is 5.26. The van der Waals surface area contributed by atoms with Crippen molar-refractivity contribution in [2.24, 2.45) is 0 Å². The van der Waals surface area contributed by atoms with Crippen LogP contribution in [0, 0.1) is 0 Å². The molecule has 0 spiro atoms. The Morgan fingerprint density at radius 1 is 1.24 bits per heavy atom. The molecule has 1 fully saturated rings. The number of carbonyl (C=O) groups is 2. The lowest BCUT2D eigenvalue weighted by Gasteiger charge is -2.21. The topological polar surface area (TPSA) is 46.6 Å². The molecule has 114 valence electrons. The number of nitrogens with zero attached hydrogens (tertiary/aromatic N) is 1. The molecule has 0 radical (unpaired) electrons. The molecule has 2 atom stereocenters. The van der Waals surface area contributed by atoms with E-state index < -0.39 is 16.9 Å². The van der Waals surface area contributed by atoms with Crippen molar-refractivity contribution < 1.29 is 14.3 Å². The largest absolute Gasteiger partial charge is 0.451 e. The maximum Gasteiger partial charge on any atom is 0.325 e. The van der Waals surface area contributed by atoms with Gasteiger partial charge in [-0.25, -0.2) is 0 Å². The van der Waals surface area contributed by atoms with Crippen molar-refractivity contribution in [1.29, 1.82) is 0 Å². The lowest BCUT2D eigenvalue weighted by Crippen LogP contribution is -2.38. The van der Waals surface area contributed by atoms with Crippen molar-refractivity contribution in [2.75, 3.05) is 13.1 Å². The van der Waals surface area contributed by atoms with Gasteiger partial charge in [0.1, 0.15) is 4.83 Å². The molecular weight excluding hydrogens is 358 g/mol. The van der Waals surface area contributed by atoms with Crippen LogP contribution in [0.15, 0.2) is 24.3 Å². The van der Waals surface area contributed by atoms with Gasteiger partial charge in [-0.2, -0.15) is 0 Å². The number of alkyl halides is 1. The summed E-state index contributed by atoms with van der Waals surface area (Å²) in [5.41, 5.74) is 0.741. The monoisotopic (exact) mass is 373 g/mol. The van der Waals surface area contributed by atoms with E-state index in [2.05, 4.69) is 15.9 Å². The molecule has 1 aromatic rings. The van der Waals surface area contributed by atoms with Gasteiger partial charge in [-0.05, 0) is 37.5 Å². The number of ether oxygens (including phenoxy) is 1. The highest BCUT2D eigenvalue weighted by Crippen LogP contribution is 2.26. The second-order valence-corrected chi connectivity index (χ2v) is 6.38. The molecule has 1 aliphatic rings. The van der Waals surface area contributed by atoms with Crippen molar-refractivity contribution in [1.82, 2.24) is 4.90 Å². The lowest BCUT2D eigenvalue weighted by atomic mass is 10.1. The molecule has 1 aliphatic heterocycles. The van der Waals surface area contributed by atoms with Gasteiger partial charge in [-0.3, -0.25) is 9.59 Å². The van der Waals surface area contributed by atoms with Gasteiger partial charge in [-0.15, -0.1) is 0 Å². The predicted octanol–water partition coefficient (Wildman–Crippen LogP) is 3.33. The first-order chi connectivity index (χ1) is 9.99. The minimum atomic E-state index is -0.761. The first-order valence-electron chi connectivity index (χ1n) is 6.88. The van der Waals surface area contributed by atoms with Gasteiger partial charge in [0, 0.05) is 18.1 Å². The number of benzene rings is 1. The summed E-state index contributed by atoms with van der Waals surface area (Å²) in [6.45, 7) is 3.10. The molecule has 1 amide bonds. The minimum absolute atomic E-state index is 0.128. The maximum absolute atomic E-state index is 12.1. The van der Waals surface area contributed by atoms with E-state index >= 15 is 0 Å². The molecule has 21 heavy (non-hydrogen) atoms. The van der Waals surface area contributed by atoms with Crippen molar-refractivity contribution in [3.63, 3.8) is 0 Å². The van der Waals surface area contributed by atoms with E-state index in [1.165, 1.54) is 0 Å². The molecule has 1 unspecified atom stereocenters. The van der Waals surface area contributed by atoms with E-state index in [0.717, 1.165) is 31.5 Å². The number of esters is 1. The number of rotatable bonds is 4. The summed E-state index contributed by atoms with van der Waals surface area (Å²) in [6.07, 6.45) is 1.26. The van der Waals surface area contributed by atoms with Gasteiger partial charge in [-0.1, -0.05) is 39.7 Å². The van der Waals surface area contributed by atoms with Crippen molar-refractivity contribution in [3.05, 3.63) is 34.9 Å². The second-order valence-electron chi connectivity index (χ2n) is 5.03. The fraction of sp³-hybridized carbons (Fsp3) is 0.467. The van der Waals surface area contributed by atoms with Crippen LogP contribution in [0.3, 0.4) is 0 Å². The van der Waals surface area contributed by atoms with E-state index in [-0.39, 0.29) is 5.91 Å². The smallest absolute Gasteiger partial charge is 0.325 e. The summed E-state index contributed by atoms with van der Waals surface area (Å²) in [4.78, 5) is 25.3. The fourth-order valence-electron chi connectivity index (χ4n) is 2.25. The Kier molecular flexibility index (Phi) is 5.65. The van der Waals surface area contributed by atoms with Crippen molar-refractivity contribution in [2.45, 2.75) is 30.7 Å². The van der Waals surface area contributed by atoms with E-state index in [4.69, 9.17) is 16.3 Å². The summed E-state index contributed by atoms with van der Waals surface area (Å²) in [6, 6.07) is 6.90. The summed E-state index contributed by atoms with van der Waals surface area (Å²) in [7, 11) is 0. The fourth-order valence-corrected chi connectivity index (χ4v) is 2.79. The molecule has 0 aromatic heterocycles. The molecule has 1 aromatic carbocycles. The Labute approximate surface area is 137 Å². The second kappa shape index (κ2) is 7.27. The van der Waals surface area contributed by atoms with Crippen LogP contribution in [0.4, 0.5) is 0 Å². The third-order valence-corrected chi connectivity index (χ3v) is 4.58. The zero-order valence-electron chi connectivity index (χ0n) is 11.7. The molecule has 6 heteroatoms. The van der Waals surface area contributed by atoms with Crippen LogP contribution in [0.25, 0.3) is 0 Å². The first kappa shape index (κ1) is 16.3. The normalized spacial score (nSPS) is 17.4. The molecule has 0 bridgehead atoms. The lowest BCUT2D eigenvalue weighted by molar-refractivity contribution is -0.158. The van der Waals surface area contributed by atoms with Gasteiger partial charge >= 0.3 is 5.97 Å². The number of hydrogen-bond donors (Lipinski definition) is 0. The van der Waals surface area contributed by atoms with Crippen LogP contribution in [0.5, 0.6) is 0 Å². The van der Waals surface area contributed by atoms with E-state index in [1.54, 1.807) is 36.1 Å². The number of carbonyl (C=O) groups excluding carboxylic acids is 2. The molecule has 2 rings (SSSR count). The minimum Gasteiger partial charge on any atom is -0.451 e. The SMILES string of the molecule is C[C@H](OC(=O)C(Br)c1ccc(Cl)cc1)C(=O)N1CCCC1. The third kappa shape index (κ3) is 4.20. The van der Waals surface area contributed by atoms with E-state index in [0.29, 0.717) is 5.02 Å². The number of halogens is 2. The van der Waals surface area contributed by atoms with E-state index in [1.807, 2.05) is 0 Å². The Balaban J connectivity index is 1.93. The number of likely N-dealkylation sites (tertiary alicyclic amines) is 1. The molecular formula is C15H17BrClNO3. The molecule has 1 saturated heterocycles. The Morgan fingerprint density at radius 2 is 1.81 bits per heavy atom. The average Bonchev–Trinajstić information content (AvgIpc) is 3.00. The van der Waals surface area contributed by atoms with Crippen LogP contribution in [-0.4, -0.2) is 36.0 Å². The quantitative estimate of drug-likeness (QED) is 0.600. The Morgan fingerprint density at radius 3 is 2.38 bits per heavy atom. The summed E-state index contributed by atoms with van der Waals surface area (Å²) in [5, 5.41) is 0.601. The highest BCUT2D eigenvalue weighted by atomic mass is 79.9. The number of hydrogen-bond acceptors (Lipinski definition) is 3. The standard InChI is InChI=1S/C15H17BrClNO3/c1-10(14(19)18-8-2-3-9-18)21-15(20)13(16)11-4-6-12(17)7-5-11/h4-7,10,13H,2-3,8-9H2,1H3/t10-,13?/m0/s1. The third-order valence-electron chi connectivity index (χ3n) is 3.43. The van der Waals surface area contributed by atoms with Crippen molar-refractivity contribution in [3.8, 4) is 0 Å². The van der Waals surface area contributed by atoms with Gasteiger partial charge in [0.15, 0.2) is 6.10 Å². The molecule has 0 N–H and O–H groups in total.